The van der Waals surface area contributed by atoms with Crippen molar-refractivity contribution in [1.29, 1.82) is 0 Å². The number of hydrogen-bond acceptors (Lipinski definition) is 5. The highest BCUT2D eigenvalue weighted by atomic mass is 79.9. The standard InChI is InChI=1S/C13H18BrNO4/c1-8-4-12(17-2)9(5-10(8)14)11(15)6-19-7-13(16)18-3/h4-5,11H,6-7,15H2,1-3H3. The van der Waals surface area contributed by atoms with Crippen LogP contribution >= 0.6 is 15.9 Å². The topological polar surface area (TPSA) is 70.8 Å². The third-order valence-electron chi connectivity index (χ3n) is 2.66. The predicted octanol–water partition coefficient (Wildman–Crippen LogP) is 1.96. The van der Waals surface area contributed by atoms with Gasteiger partial charge in [-0.3, -0.25) is 0 Å². The molecule has 0 aliphatic rings. The van der Waals surface area contributed by atoms with Gasteiger partial charge in [0.15, 0.2) is 0 Å². The number of halogens is 1. The van der Waals surface area contributed by atoms with Gasteiger partial charge in [0, 0.05) is 10.0 Å². The average Bonchev–Trinajstić information content (AvgIpc) is 2.40. The quantitative estimate of drug-likeness (QED) is 0.807. The van der Waals surface area contributed by atoms with Crippen LogP contribution < -0.4 is 10.5 Å². The van der Waals surface area contributed by atoms with E-state index in [1.807, 2.05) is 19.1 Å². The Morgan fingerprint density at radius 3 is 2.68 bits per heavy atom. The van der Waals surface area contributed by atoms with Crippen molar-refractivity contribution >= 4 is 21.9 Å². The molecule has 5 nitrogen and oxygen atoms in total. The van der Waals surface area contributed by atoms with E-state index in [0.29, 0.717) is 5.75 Å². The second-order valence-corrected chi connectivity index (χ2v) is 4.90. The molecule has 0 heterocycles. The Bertz CT molecular complexity index is 451. The highest BCUT2D eigenvalue weighted by Gasteiger charge is 2.15. The number of hydrogen-bond donors (Lipinski definition) is 1. The Morgan fingerprint density at radius 2 is 2.11 bits per heavy atom. The summed E-state index contributed by atoms with van der Waals surface area (Å²) in [5.74, 6) is 0.277. The van der Waals surface area contributed by atoms with E-state index in [4.69, 9.17) is 15.2 Å². The Balaban J connectivity index is 2.73. The van der Waals surface area contributed by atoms with Gasteiger partial charge in [0.2, 0.25) is 0 Å². The van der Waals surface area contributed by atoms with E-state index >= 15 is 0 Å². The Morgan fingerprint density at radius 1 is 1.42 bits per heavy atom. The van der Waals surface area contributed by atoms with Crippen molar-refractivity contribution in [3.8, 4) is 5.75 Å². The molecule has 0 radical (unpaired) electrons. The molecule has 0 aliphatic heterocycles. The molecular formula is C13H18BrNO4. The fourth-order valence-corrected chi connectivity index (χ4v) is 1.92. The van der Waals surface area contributed by atoms with Gasteiger partial charge in [0.05, 0.1) is 26.9 Å². The van der Waals surface area contributed by atoms with Crippen LogP contribution in [0.3, 0.4) is 0 Å². The highest BCUT2D eigenvalue weighted by molar-refractivity contribution is 9.10. The summed E-state index contributed by atoms with van der Waals surface area (Å²) in [6.45, 7) is 2.07. The van der Waals surface area contributed by atoms with Crippen LogP contribution in [0.4, 0.5) is 0 Å². The van der Waals surface area contributed by atoms with E-state index in [2.05, 4.69) is 20.7 Å². The first-order valence-corrected chi connectivity index (χ1v) is 6.53. The summed E-state index contributed by atoms with van der Waals surface area (Å²) in [4.78, 5) is 10.9. The minimum absolute atomic E-state index is 0.112. The number of nitrogens with two attached hydrogens (primary N) is 1. The van der Waals surface area contributed by atoms with E-state index in [-0.39, 0.29) is 19.3 Å². The molecular weight excluding hydrogens is 314 g/mol. The van der Waals surface area contributed by atoms with Crippen LogP contribution in [0.2, 0.25) is 0 Å². The highest BCUT2D eigenvalue weighted by Crippen LogP contribution is 2.30. The Kier molecular flexibility index (Phi) is 6.27. The number of rotatable bonds is 6. The van der Waals surface area contributed by atoms with E-state index in [1.54, 1.807) is 7.11 Å². The largest absolute Gasteiger partial charge is 0.496 e. The number of carbonyl (C=O) groups is 1. The van der Waals surface area contributed by atoms with Crippen LogP contribution in [0.25, 0.3) is 0 Å². The van der Waals surface area contributed by atoms with Crippen molar-refractivity contribution in [1.82, 2.24) is 0 Å². The maximum Gasteiger partial charge on any atom is 0.331 e. The fraction of sp³-hybridized carbons (Fsp3) is 0.462. The summed E-state index contributed by atoms with van der Waals surface area (Å²) in [5, 5.41) is 0. The molecule has 2 N–H and O–H groups in total. The van der Waals surface area contributed by atoms with Gasteiger partial charge in [-0.05, 0) is 24.6 Å². The fourth-order valence-electron chi connectivity index (χ4n) is 1.55. The lowest BCUT2D eigenvalue weighted by Gasteiger charge is -2.17. The first-order valence-electron chi connectivity index (χ1n) is 5.73. The lowest BCUT2D eigenvalue weighted by molar-refractivity contribution is -0.146. The van der Waals surface area contributed by atoms with Crippen molar-refractivity contribution in [2.45, 2.75) is 13.0 Å². The minimum Gasteiger partial charge on any atom is -0.496 e. The maximum atomic E-state index is 10.9. The lowest BCUT2D eigenvalue weighted by Crippen LogP contribution is -2.21. The zero-order valence-corrected chi connectivity index (χ0v) is 12.8. The Hall–Kier alpha value is -1.11. The maximum absolute atomic E-state index is 10.9. The summed E-state index contributed by atoms with van der Waals surface area (Å²) in [6, 6.07) is 3.43. The van der Waals surface area contributed by atoms with E-state index in [1.165, 1.54) is 7.11 Å². The molecule has 0 saturated heterocycles. The van der Waals surface area contributed by atoms with Gasteiger partial charge in [-0.15, -0.1) is 0 Å². The second-order valence-electron chi connectivity index (χ2n) is 4.04. The van der Waals surface area contributed by atoms with Gasteiger partial charge in [0.25, 0.3) is 0 Å². The van der Waals surface area contributed by atoms with Crippen LogP contribution in [0.1, 0.15) is 17.2 Å². The van der Waals surface area contributed by atoms with Gasteiger partial charge in [-0.25, -0.2) is 4.79 Å². The first kappa shape index (κ1) is 15.9. The van der Waals surface area contributed by atoms with Crippen molar-refractivity contribution < 1.29 is 19.0 Å². The second kappa shape index (κ2) is 7.47. The predicted molar refractivity (Wildman–Crippen MR) is 75.2 cm³/mol. The van der Waals surface area contributed by atoms with E-state index in [0.717, 1.165) is 15.6 Å². The summed E-state index contributed by atoms with van der Waals surface area (Å²) in [6.07, 6.45) is 0. The van der Waals surface area contributed by atoms with Crippen molar-refractivity contribution in [3.63, 3.8) is 0 Å². The molecule has 106 valence electrons. The molecule has 0 aliphatic carbocycles. The first-order chi connectivity index (χ1) is 8.99. The molecule has 1 aromatic carbocycles. The van der Waals surface area contributed by atoms with Crippen molar-refractivity contribution in [2.75, 3.05) is 27.4 Å². The molecule has 1 unspecified atom stereocenters. The normalized spacial score (nSPS) is 12.1. The van der Waals surface area contributed by atoms with Gasteiger partial charge >= 0.3 is 5.97 Å². The van der Waals surface area contributed by atoms with Crippen LogP contribution in [0, 0.1) is 6.92 Å². The third kappa shape index (κ3) is 4.49. The smallest absolute Gasteiger partial charge is 0.331 e. The van der Waals surface area contributed by atoms with Crippen LogP contribution in [0.15, 0.2) is 16.6 Å². The molecule has 1 atom stereocenters. The number of carbonyl (C=O) groups excluding carboxylic acids is 1. The number of esters is 1. The van der Waals surface area contributed by atoms with Gasteiger partial charge in [0.1, 0.15) is 12.4 Å². The molecule has 0 bridgehead atoms. The lowest BCUT2D eigenvalue weighted by atomic mass is 10.0. The zero-order valence-electron chi connectivity index (χ0n) is 11.2. The van der Waals surface area contributed by atoms with Crippen LogP contribution in [0.5, 0.6) is 5.75 Å². The van der Waals surface area contributed by atoms with Crippen LogP contribution in [-0.4, -0.2) is 33.4 Å². The number of benzene rings is 1. The minimum atomic E-state index is -0.427. The van der Waals surface area contributed by atoms with E-state index in [9.17, 15) is 4.79 Å². The van der Waals surface area contributed by atoms with Crippen molar-refractivity contribution in [2.24, 2.45) is 5.73 Å². The monoisotopic (exact) mass is 331 g/mol. The summed E-state index contributed by atoms with van der Waals surface area (Å²) >= 11 is 3.45. The summed E-state index contributed by atoms with van der Waals surface area (Å²) < 4.78 is 15.9. The molecule has 19 heavy (non-hydrogen) atoms. The molecule has 0 amide bonds. The Labute approximate surface area is 121 Å². The zero-order chi connectivity index (χ0) is 14.4. The average molecular weight is 332 g/mol. The van der Waals surface area contributed by atoms with Gasteiger partial charge in [-0.1, -0.05) is 15.9 Å². The summed E-state index contributed by atoms with van der Waals surface area (Å²) in [7, 11) is 2.90. The molecule has 0 saturated carbocycles. The third-order valence-corrected chi connectivity index (χ3v) is 3.51. The molecule has 0 spiro atoms. The molecule has 0 fully saturated rings. The van der Waals surface area contributed by atoms with Gasteiger partial charge in [-0.2, -0.15) is 0 Å². The van der Waals surface area contributed by atoms with Crippen LogP contribution in [-0.2, 0) is 14.3 Å². The van der Waals surface area contributed by atoms with E-state index < -0.39 is 5.97 Å². The number of methoxy groups -OCH3 is 2. The SMILES string of the molecule is COC(=O)COCC(N)c1cc(Br)c(C)cc1OC. The number of ether oxygens (including phenoxy) is 3. The van der Waals surface area contributed by atoms with Gasteiger partial charge < -0.3 is 19.9 Å². The van der Waals surface area contributed by atoms with Crippen molar-refractivity contribution in [3.05, 3.63) is 27.7 Å². The number of aryl methyl sites for hydroxylation is 1. The molecule has 6 heteroatoms. The molecule has 1 aromatic rings. The molecule has 0 aromatic heterocycles. The summed E-state index contributed by atoms with van der Waals surface area (Å²) in [5.41, 5.74) is 7.92. The molecule has 1 rings (SSSR count).